The summed E-state index contributed by atoms with van der Waals surface area (Å²) in [6.07, 6.45) is 6.92. The van der Waals surface area contributed by atoms with Crippen LogP contribution in [0.4, 0.5) is 5.69 Å². The molecule has 0 amide bonds. The van der Waals surface area contributed by atoms with Crippen molar-refractivity contribution in [3.05, 3.63) is 28.2 Å². The Kier molecular flexibility index (Phi) is 3.94. The second-order valence-corrected chi connectivity index (χ2v) is 7.40. The maximum atomic E-state index is 5.92. The molecule has 3 nitrogen and oxygen atoms in total. The number of fused-ring (bicyclic) bond motifs is 1. The van der Waals surface area contributed by atoms with E-state index in [1.807, 2.05) is 0 Å². The summed E-state index contributed by atoms with van der Waals surface area (Å²) in [5.74, 6) is 0. The van der Waals surface area contributed by atoms with Crippen molar-refractivity contribution >= 4 is 21.6 Å². The number of nitrogens with one attached hydrogen (secondary N) is 1. The Hall–Kier alpha value is -0.580. The van der Waals surface area contributed by atoms with Gasteiger partial charge in [0.05, 0.1) is 24.4 Å². The third-order valence-corrected chi connectivity index (χ3v) is 5.61. The van der Waals surface area contributed by atoms with E-state index in [1.165, 1.54) is 47.8 Å². The maximum absolute atomic E-state index is 5.92. The first kappa shape index (κ1) is 14.0. The van der Waals surface area contributed by atoms with Gasteiger partial charge in [0.2, 0.25) is 0 Å². The lowest BCUT2D eigenvalue weighted by Gasteiger charge is -2.40. The topological polar surface area (TPSA) is 24.5 Å². The number of hydrogen-bond donors (Lipinski definition) is 1. The van der Waals surface area contributed by atoms with Crippen LogP contribution in [-0.2, 0) is 11.3 Å². The van der Waals surface area contributed by atoms with Crippen molar-refractivity contribution in [2.45, 2.75) is 56.8 Å². The minimum atomic E-state index is 0.446. The molecule has 0 radical (unpaired) electrons. The van der Waals surface area contributed by atoms with E-state index in [-0.39, 0.29) is 0 Å². The highest BCUT2D eigenvalue weighted by atomic mass is 79.9. The Bertz CT molecular complexity index is 518. The van der Waals surface area contributed by atoms with Crippen LogP contribution in [0.25, 0.3) is 0 Å². The molecule has 3 aliphatic rings. The Morgan fingerprint density at radius 1 is 1.24 bits per heavy atom. The molecule has 0 aromatic heterocycles. The lowest BCUT2D eigenvalue weighted by atomic mass is 10.1. The van der Waals surface area contributed by atoms with E-state index in [9.17, 15) is 0 Å². The van der Waals surface area contributed by atoms with Gasteiger partial charge >= 0.3 is 0 Å². The van der Waals surface area contributed by atoms with Crippen LogP contribution in [0, 0.1) is 0 Å². The van der Waals surface area contributed by atoms with E-state index in [2.05, 4.69) is 44.3 Å². The molecule has 3 fully saturated rings. The minimum Gasteiger partial charge on any atom is -0.374 e. The number of hydrogen-bond acceptors (Lipinski definition) is 3. The molecule has 4 heteroatoms. The number of morpholine rings is 1. The molecule has 0 spiro atoms. The minimum absolute atomic E-state index is 0.446. The van der Waals surface area contributed by atoms with E-state index < -0.39 is 0 Å². The Balaban J connectivity index is 1.50. The van der Waals surface area contributed by atoms with Gasteiger partial charge < -0.3 is 15.0 Å². The maximum Gasteiger partial charge on any atom is 0.0779 e. The average Bonchev–Trinajstić information content (AvgIpc) is 3.20. The summed E-state index contributed by atoms with van der Waals surface area (Å²) in [6, 6.07) is 8.18. The number of anilines is 1. The number of benzene rings is 1. The molecular weight excluding hydrogens is 328 g/mol. The van der Waals surface area contributed by atoms with Crippen molar-refractivity contribution in [1.29, 1.82) is 0 Å². The van der Waals surface area contributed by atoms with Gasteiger partial charge in [0.1, 0.15) is 0 Å². The smallest absolute Gasteiger partial charge is 0.0779 e. The molecule has 2 atom stereocenters. The fraction of sp³-hybridized carbons (Fsp3) is 0.647. The highest BCUT2D eigenvalue weighted by molar-refractivity contribution is 9.10. The summed E-state index contributed by atoms with van der Waals surface area (Å²) < 4.78 is 7.15. The Labute approximate surface area is 135 Å². The SMILES string of the molecule is Brc1cc(CNC2CC2)ccc1N1CCOC2CCCC21. The molecule has 1 aromatic carbocycles. The van der Waals surface area contributed by atoms with Crippen LogP contribution in [0.1, 0.15) is 37.7 Å². The highest BCUT2D eigenvalue weighted by Gasteiger charge is 2.36. The second-order valence-electron chi connectivity index (χ2n) is 6.54. The van der Waals surface area contributed by atoms with E-state index in [0.717, 1.165) is 25.7 Å². The first-order valence-electron chi connectivity index (χ1n) is 8.21. The van der Waals surface area contributed by atoms with Crippen LogP contribution in [-0.4, -0.2) is 31.3 Å². The molecule has 2 aliphatic carbocycles. The van der Waals surface area contributed by atoms with Crippen LogP contribution in [0.15, 0.2) is 22.7 Å². The molecule has 21 heavy (non-hydrogen) atoms. The number of halogens is 1. The van der Waals surface area contributed by atoms with Gasteiger partial charge in [-0.15, -0.1) is 0 Å². The summed E-state index contributed by atoms with van der Waals surface area (Å²) in [4.78, 5) is 2.56. The number of nitrogens with zero attached hydrogens (tertiary/aromatic N) is 1. The second kappa shape index (κ2) is 5.90. The summed E-state index contributed by atoms with van der Waals surface area (Å²) >= 11 is 3.79. The van der Waals surface area contributed by atoms with Gasteiger partial charge in [0.25, 0.3) is 0 Å². The van der Waals surface area contributed by atoms with Crippen molar-refractivity contribution in [3.63, 3.8) is 0 Å². The first-order valence-corrected chi connectivity index (χ1v) is 9.00. The van der Waals surface area contributed by atoms with Crippen molar-refractivity contribution in [1.82, 2.24) is 5.32 Å². The molecule has 2 unspecified atom stereocenters. The molecule has 114 valence electrons. The molecule has 1 saturated heterocycles. The predicted octanol–water partition coefficient (Wildman–Crippen LogP) is 3.46. The third kappa shape index (κ3) is 2.99. The molecule has 2 saturated carbocycles. The first-order chi connectivity index (χ1) is 10.3. The average molecular weight is 351 g/mol. The van der Waals surface area contributed by atoms with Crippen molar-refractivity contribution in [2.75, 3.05) is 18.1 Å². The summed E-state index contributed by atoms with van der Waals surface area (Å²) in [6.45, 7) is 2.86. The zero-order valence-electron chi connectivity index (χ0n) is 12.4. The van der Waals surface area contributed by atoms with E-state index in [1.54, 1.807) is 0 Å². The standard InChI is InChI=1S/C17H23BrN2O/c18-14-10-12(11-19-13-5-6-13)4-7-15(14)20-8-9-21-17-3-1-2-16(17)20/h4,7,10,13,16-17,19H,1-3,5-6,8-9,11H2. The van der Waals surface area contributed by atoms with E-state index >= 15 is 0 Å². The van der Waals surface area contributed by atoms with Gasteiger partial charge in [-0.1, -0.05) is 6.07 Å². The molecule has 1 N–H and O–H groups in total. The molecule has 4 rings (SSSR count). The van der Waals surface area contributed by atoms with Gasteiger partial charge in [-0.05, 0) is 65.7 Å². The Morgan fingerprint density at radius 3 is 2.95 bits per heavy atom. The predicted molar refractivity (Wildman–Crippen MR) is 88.7 cm³/mol. The third-order valence-electron chi connectivity index (χ3n) is 4.98. The van der Waals surface area contributed by atoms with Crippen molar-refractivity contribution in [2.24, 2.45) is 0 Å². The molecule has 1 aliphatic heterocycles. The van der Waals surface area contributed by atoms with Gasteiger partial charge in [0, 0.05) is 23.6 Å². The highest BCUT2D eigenvalue weighted by Crippen LogP contribution is 2.36. The van der Waals surface area contributed by atoms with Gasteiger partial charge in [-0.2, -0.15) is 0 Å². The van der Waals surface area contributed by atoms with Gasteiger partial charge in [0.15, 0.2) is 0 Å². The summed E-state index contributed by atoms with van der Waals surface area (Å²) in [5.41, 5.74) is 2.71. The molecule has 1 heterocycles. The van der Waals surface area contributed by atoms with Crippen molar-refractivity contribution < 1.29 is 4.74 Å². The normalized spacial score (nSPS) is 28.7. The van der Waals surface area contributed by atoms with Crippen molar-refractivity contribution in [3.8, 4) is 0 Å². The van der Waals surface area contributed by atoms with E-state index in [4.69, 9.17) is 4.74 Å². The molecule has 0 bridgehead atoms. The van der Waals surface area contributed by atoms with Crippen LogP contribution in [0.3, 0.4) is 0 Å². The molecule has 1 aromatic rings. The van der Waals surface area contributed by atoms with Crippen LogP contribution < -0.4 is 10.2 Å². The quantitative estimate of drug-likeness (QED) is 0.899. The lowest BCUT2D eigenvalue weighted by Crippen LogP contribution is -2.48. The Morgan fingerprint density at radius 2 is 2.14 bits per heavy atom. The largest absolute Gasteiger partial charge is 0.374 e. The summed E-state index contributed by atoms with van der Waals surface area (Å²) in [5, 5.41) is 3.58. The monoisotopic (exact) mass is 350 g/mol. The zero-order chi connectivity index (χ0) is 14.2. The van der Waals surface area contributed by atoms with E-state index in [0.29, 0.717) is 12.1 Å². The summed E-state index contributed by atoms with van der Waals surface area (Å²) in [7, 11) is 0. The number of rotatable bonds is 4. The number of ether oxygens (including phenoxy) is 1. The fourth-order valence-corrected chi connectivity index (χ4v) is 4.32. The fourth-order valence-electron chi connectivity index (χ4n) is 3.67. The van der Waals surface area contributed by atoms with Gasteiger partial charge in [-0.25, -0.2) is 0 Å². The zero-order valence-corrected chi connectivity index (χ0v) is 13.9. The van der Waals surface area contributed by atoms with Crippen LogP contribution in [0.5, 0.6) is 0 Å². The van der Waals surface area contributed by atoms with Crippen LogP contribution >= 0.6 is 15.9 Å². The molecular formula is C17H23BrN2O. The van der Waals surface area contributed by atoms with Crippen LogP contribution in [0.2, 0.25) is 0 Å². The lowest BCUT2D eigenvalue weighted by molar-refractivity contribution is 0.0256. The van der Waals surface area contributed by atoms with Gasteiger partial charge in [-0.3, -0.25) is 0 Å².